The normalized spacial score (nSPS) is 11.1. The first kappa shape index (κ1) is 30.3. The second-order valence-corrected chi connectivity index (χ2v) is 7.71. The molecular formula is C24H38N2O9. The predicted molar refractivity (Wildman–Crippen MR) is 127 cm³/mol. The van der Waals surface area contributed by atoms with E-state index in [9.17, 15) is 14.4 Å². The van der Waals surface area contributed by atoms with Crippen LogP contribution >= 0.6 is 0 Å². The summed E-state index contributed by atoms with van der Waals surface area (Å²) in [6, 6.07) is 9.21. The highest BCUT2D eigenvalue weighted by Crippen LogP contribution is 2.13. The Kier molecular flexibility index (Phi) is 16.1. The Balaban J connectivity index is 2.00. The number of rotatable bonds is 19. The van der Waals surface area contributed by atoms with E-state index >= 15 is 0 Å². The minimum Gasteiger partial charge on any atom is -0.458 e. The van der Waals surface area contributed by atoms with Crippen LogP contribution in [0.15, 0.2) is 30.3 Å². The topological polar surface area (TPSA) is 131 Å². The first-order valence-corrected chi connectivity index (χ1v) is 11.6. The summed E-state index contributed by atoms with van der Waals surface area (Å²) in [5.74, 6) is -0.893. The van der Waals surface area contributed by atoms with Crippen LogP contribution in [0.3, 0.4) is 0 Å². The van der Waals surface area contributed by atoms with Crippen molar-refractivity contribution in [3.8, 4) is 0 Å². The molecule has 0 saturated heterocycles. The highest BCUT2D eigenvalue weighted by Gasteiger charge is 2.33. The standard InChI is InChI=1S/C24H38N2O9/c1-4-30-14-15-31-12-10-25-21(27)19-33-17-16-32-13-11-26-23(29)35-24(2,3)22(28)34-18-20-8-6-5-7-9-20/h5-9H,4,10-19H2,1-3H3,(H,25,27)(H,26,29). The number of hydrogen-bond acceptors (Lipinski definition) is 9. The fourth-order valence-corrected chi connectivity index (χ4v) is 2.49. The van der Waals surface area contributed by atoms with Gasteiger partial charge in [-0.2, -0.15) is 0 Å². The molecule has 1 aromatic carbocycles. The number of hydrogen-bond donors (Lipinski definition) is 2. The average Bonchev–Trinajstić information content (AvgIpc) is 2.83. The highest BCUT2D eigenvalue weighted by molar-refractivity contribution is 5.82. The maximum Gasteiger partial charge on any atom is 0.408 e. The molecule has 0 aliphatic rings. The molecule has 1 aromatic rings. The molecule has 0 bridgehead atoms. The van der Waals surface area contributed by atoms with Crippen molar-refractivity contribution in [3.63, 3.8) is 0 Å². The van der Waals surface area contributed by atoms with Crippen molar-refractivity contribution >= 4 is 18.0 Å². The van der Waals surface area contributed by atoms with Gasteiger partial charge in [0.15, 0.2) is 0 Å². The van der Waals surface area contributed by atoms with Gasteiger partial charge in [-0.3, -0.25) is 4.79 Å². The zero-order valence-electron chi connectivity index (χ0n) is 20.8. The van der Waals surface area contributed by atoms with E-state index in [1.807, 2.05) is 37.3 Å². The minimum atomic E-state index is -1.44. The van der Waals surface area contributed by atoms with E-state index in [0.717, 1.165) is 5.56 Å². The summed E-state index contributed by atoms with van der Waals surface area (Å²) < 4.78 is 31.3. The molecule has 2 amide bonds. The van der Waals surface area contributed by atoms with Crippen LogP contribution in [0.4, 0.5) is 4.79 Å². The Morgan fingerprint density at radius 3 is 2.06 bits per heavy atom. The highest BCUT2D eigenvalue weighted by atomic mass is 16.6. The number of esters is 1. The number of amides is 2. The van der Waals surface area contributed by atoms with E-state index in [4.69, 9.17) is 28.4 Å². The molecule has 0 unspecified atom stereocenters. The van der Waals surface area contributed by atoms with Crippen LogP contribution in [0.1, 0.15) is 26.3 Å². The third-order valence-corrected chi connectivity index (χ3v) is 4.32. The molecule has 1 rings (SSSR count). The third kappa shape index (κ3) is 15.7. The SMILES string of the molecule is CCOCCOCCNC(=O)COCCOCCNC(=O)OC(C)(C)C(=O)OCc1ccccc1. The zero-order chi connectivity index (χ0) is 25.8. The van der Waals surface area contributed by atoms with Crippen molar-refractivity contribution in [3.05, 3.63) is 35.9 Å². The van der Waals surface area contributed by atoms with Crippen LogP contribution in [0.5, 0.6) is 0 Å². The van der Waals surface area contributed by atoms with E-state index in [1.165, 1.54) is 13.8 Å². The van der Waals surface area contributed by atoms with Crippen LogP contribution in [0, 0.1) is 0 Å². The lowest BCUT2D eigenvalue weighted by molar-refractivity contribution is -0.163. The van der Waals surface area contributed by atoms with Crippen LogP contribution in [0.2, 0.25) is 0 Å². The van der Waals surface area contributed by atoms with Crippen molar-refractivity contribution in [1.29, 1.82) is 0 Å². The summed E-state index contributed by atoms with van der Waals surface area (Å²) >= 11 is 0. The molecule has 0 saturated carbocycles. The number of ether oxygens (including phenoxy) is 6. The van der Waals surface area contributed by atoms with E-state index in [-0.39, 0.29) is 45.5 Å². The van der Waals surface area contributed by atoms with Crippen LogP contribution < -0.4 is 10.6 Å². The molecule has 2 N–H and O–H groups in total. The van der Waals surface area contributed by atoms with Gasteiger partial charge >= 0.3 is 12.1 Å². The molecule has 0 radical (unpaired) electrons. The minimum absolute atomic E-state index is 0.0810. The van der Waals surface area contributed by atoms with Gasteiger partial charge in [0.1, 0.15) is 13.2 Å². The molecule has 0 aliphatic heterocycles. The van der Waals surface area contributed by atoms with Gasteiger partial charge in [-0.25, -0.2) is 9.59 Å². The largest absolute Gasteiger partial charge is 0.458 e. The smallest absolute Gasteiger partial charge is 0.408 e. The first-order chi connectivity index (χ1) is 16.8. The molecule has 0 heterocycles. The average molecular weight is 499 g/mol. The monoisotopic (exact) mass is 498 g/mol. The van der Waals surface area contributed by atoms with E-state index in [2.05, 4.69) is 10.6 Å². The lowest BCUT2D eigenvalue weighted by Gasteiger charge is -2.23. The van der Waals surface area contributed by atoms with Gasteiger partial charge < -0.3 is 39.1 Å². The quantitative estimate of drug-likeness (QED) is 0.215. The molecule has 0 aromatic heterocycles. The lowest BCUT2D eigenvalue weighted by Crippen LogP contribution is -2.42. The van der Waals surface area contributed by atoms with E-state index in [1.54, 1.807) is 0 Å². The molecule has 35 heavy (non-hydrogen) atoms. The Hall–Kier alpha value is -2.73. The summed E-state index contributed by atoms with van der Waals surface area (Å²) in [6.07, 6.45) is -0.759. The predicted octanol–water partition coefficient (Wildman–Crippen LogP) is 1.44. The number of alkyl carbamates (subject to hydrolysis) is 1. The first-order valence-electron chi connectivity index (χ1n) is 11.6. The lowest BCUT2D eigenvalue weighted by atomic mass is 10.1. The second kappa shape index (κ2) is 18.6. The molecule has 11 nitrogen and oxygen atoms in total. The van der Waals surface area contributed by atoms with Crippen LogP contribution in [-0.2, 0) is 44.6 Å². The maximum absolute atomic E-state index is 12.2. The molecule has 11 heteroatoms. The Labute approximate surface area is 206 Å². The van der Waals surface area contributed by atoms with Gasteiger partial charge in [0.25, 0.3) is 0 Å². The number of carbonyl (C=O) groups is 3. The maximum atomic E-state index is 12.2. The van der Waals surface area contributed by atoms with Crippen molar-refractivity contribution in [2.24, 2.45) is 0 Å². The zero-order valence-corrected chi connectivity index (χ0v) is 20.8. The van der Waals surface area contributed by atoms with Crippen molar-refractivity contribution < 1.29 is 42.8 Å². The molecule has 198 valence electrons. The van der Waals surface area contributed by atoms with Crippen molar-refractivity contribution in [2.75, 3.05) is 65.9 Å². The van der Waals surface area contributed by atoms with Gasteiger partial charge in [0.2, 0.25) is 11.5 Å². The summed E-state index contributed by atoms with van der Waals surface area (Å²) in [4.78, 5) is 35.8. The second-order valence-electron chi connectivity index (χ2n) is 7.71. The Morgan fingerprint density at radius 2 is 1.40 bits per heavy atom. The summed E-state index contributed by atoms with van der Waals surface area (Å²) in [7, 11) is 0. The van der Waals surface area contributed by atoms with Gasteiger partial charge in [0, 0.05) is 19.7 Å². The van der Waals surface area contributed by atoms with Crippen LogP contribution in [-0.4, -0.2) is 89.5 Å². The molecule has 0 atom stereocenters. The molecular weight excluding hydrogens is 460 g/mol. The fraction of sp³-hybridized carbons (Fsp3) is 0.625. The van der Waals surface area contributed by atoms with Gasteiger partial charge in [0.05, 0.1) is 39.6 Å². The molecule has 0 fully saturated rings. The van der Waals surface area contributed by atoms with Gasteiger partial charge in [-0.05, 0) is 26.3 Å². The van der Waals surface area contributed by atoms with Crippen LogP contribution in [0.25, 0.3) is 0 Å². The summed E-state index contributed by atoms with van der Waals surface area (Å²) in [6.45, 7) is 8.18. The summed E-state index contributed by atoms with van der Waals surface area (Å²) in [5, 5.41) is 5.18. The molecule has 0 spiro atoms. The number of carbonyl (C=O) groups excluding carboxylic acids is 3. The number of benzene rings is 1. The third-order valence-electron chi connectivity index (χ3n) is 4.32. The molecule has 0 aliphatic carbocycles. The van der Waals surface area contributed by atoms with E-state index in [0.29, 0.717) is 33.0 Å². The van der Waals surface area contributed by atoms with Gasteiger partial charge in [-0.15, -0.1) is 0 Å². The van der Waals surface area contributed by atoms with Crippen molar-refractivity contribution in [1.82, 2.24) is 10.6 Å². The Bertz CT molecular complexity index is 729. The van der Waals surface area contributed by atoms with Gasteiger partial charge in [-0.1, -0.05) is 30.3 Å². The van der Waals surface area contributed by atoms with Crippen molar-refractivity contribution in [2.45, 2.75) is 33.0 Å². The summed E-state index contributed by atoms with van der Waals surface area (Å²) in [5.41, 5.74) is -0.606. The Morgan fingerprint density at radius 1 is 0.800 bits per heavy atom. The van der Waals surface area contributed by atoms with E-state index < -0.39 is 17.7 Å². The fourth-order valence-electron chi connectivity index (χ4n) is 2.49. The number of nitrogens with one attached hydrogen (secondary N) is 2.